The number of nitrogens with one attached hydrogen (secondary N) is 1. The van der Waals surface area contributed by atoms with E-state index in [0.717, 1.165) is 30.8 Å². The van der Waals surface area contributed by atoms with Gasteiger partial charge in [0, 0.05) is 32.2 Å². The first-order valence-corrected chi connectivity index (χ1v) is 9.00. The number of hydrogen-bond acceptors (Lipinski definition) is 4. The molecule has 2 rings (SSSR count). The molecule has 0 bridgehead atoms. The van der Waals surface area contributed by atoms with Crippen molar-refractivity contribution in [2.45, 2.75) is 52.6 Å². The summed E-state index contributed by atoms with van der Waals surface area (Å²) in [5.74, 6) is 0.248. The Morgan fingerprint density at radius 2 is 2.04 bits per heavy atom. The lowest BCUT2D eigenvalue weighted by Gasteiger charge is -2.32. The third-order valence-electron chi connectivity index (χ3n) is 4.77. The lowest BCUT2D eigenvalue weighted by Crippen LogP contribution is -2.48. The predicted molar refractivity (Wildman–Crippen MR) is 100 cm³/mol. The molecule has 0 saturated heterocycles. The number of amides is 2. The van der Waals surface area contributed by atoms with Crippen LogP contribution >= 0.6 is 0 Å². The van der Waals surface area contributed by atoms with Gasteiger partial charge in [-0.05, 0) is 38.0 Å². The summed E-state index contributed by atoms with van der Waals surface area (Å²) < 4.78 is 5.79. The maximum Gasteiger partial charge on any atom is 0.252 e. The Morgan fingerprint density at radius 1 is 1.36 bits per heavy atom. The molecule has 1 atom stereocenters. The first-order valence-electron chi connectivity index (χ1n) is 9.00. The number of carbonyl (C=O) groups is 2. The van der Waals surface area contributed by atoms with Crippen LogP contribution in [-0.4, -0.2) is 44.1 Å². The van der Waals surface area contributed by atoms with Crippen LogP contribution in [0.1, 0.15) is 40.5 Å². The molecule has 0 fully saturated rings. The Bertz CT molecular complexity index is 628. The molecule has 0 saturated carbocycles. The molecule has 1 heterocycles. The normalized spacial score (nSPS) is 17.0. The summed E-state index contributed by atoms with van der Waals surface area (Å²) in [5, 5.41) is 2.66. The van der Waals surface area contributed by atoms with Gasteiger partial charge >= 0.3 is 0 Å². The van der Waals surface area contributed by atoms with Crippen molar-refractivity contribution in [1.82, 2.24) is 5.32 Å². The van der Waals surface area contributed by atoms with Crippen molar-refractivity contribution in [2.24, 2.45) is 0 Å². The van der Waals surface area contributed by atoms with Gasteiger partial charge in [-0.25, -0.2) is 0 Å². The second-order valence-electron chi connectivity index (χ2n) is 6.37. The van der Waals surface area contributed by atoms with Crippen LogP contribution < -0.4 is 19.9 Å². The van der Waals surface area contributed by atoms with E-state index in [0.29, 0.717) is 11.8 Å². The molecule has 1 aromatic rings. The fraction of sp³-hybridized carbons (Fsp3) is 0.579. The Kier molecular flexibility index (Phi) is 6.28. The Balaban J connectivity index is 2.35. The number of rotatable bonds is 6. The Labute approximate surface area is 150 Å². The SMILES string of the molecule is CCC(CC)N(CC)c1ccc2c(c1)N(C)C(=O)C(NC(C)=O)CO2. The zero-order valence-corrected chi connectivity index (χ0v) is 15.8. The van der Waals surface area contributed by atoms with E-state index in [1.807, 2.05) is 18.2 Å². The van der Waals surface area contributed by atoms with Gasteiger partial charge in [0.05, 0.1) is 5.69 Å². The van der Waals surface area contributed by atoms with Crippen LogP contribution in [0.2, 0.25) is 0 Å². The molecule has 2 amide bonds. The summed E-state index contributed by atoms with van der Waals surface area (Å²) in [4.78, 5) is 27.9. The quantitative estimate of drug-likeness (QED) is 0.859. The summed E-state index contributed by atoms with van der Waals surface area (Å²) in [6, 6.07) is 5.75. The van der Waals surface area contributed by atoms with Gasteiger partial charge in [-0.1, -0.05) is 13.8 Å². The first-order chi connectivity index (χ1) is 11.9. The van der Waals surface area contributed by atoms with Gasteiger partial charge in [0.1, 0.15) is 18.4 Å². The van der Waals surface area contributed by atoms with E-state index < -0.39 is 6.04 Å². The molecule has 0 aromatic heterocycles. The van der Waals surface area contributed by atoms with Gasteiger partial charge in [0.25, 0.3) is 5.91 Å². The number of ether oxygens (including phenoxy) is 1. The second-order valence-corrected chi connectivity index (χ2v) is 6.37. The minimum absolute atomic E-state index is 0.138. The van der Waals surface area contributed by atoms with Crippen LogP contribution in [0.15, 0.2) is 18.2 Å². The average molecular weight is 347 g/mol. The van der Waals surface area contributed by atoms with E-state index in [1.54, 1.807) is 11.9 Å². The molecular weight excluding hydrogens is 318 g/mol. The molecule has 0 spiro atoms. The van der Waals surface area contributed by atoms with E-state index >= 15 is 0 Å². The number of benzene rings is 1. The summed E-state index contributed by atoms with van der Waals surface area (Å²) in [6.45, 7) is 8.96. The third kappa shape index (κ3) is 4.06. The number of nitrogens with zero attached hydrogens (tertiary/aromatic N) is 2. The van der Waals surface area contributed by atoms with Gasteiger partial charge < -0.3 is 19.9 Å². The Morgan fingerprint density at radius 3 is 2.60 bits per heavy atom. The van der Waals surface area contributed by atoms with Crippen molar-refractivity contribution in [3.05, 3.63) is 18.2 Å². The molecule has 1 aromatic carbocycles. The number of likely N-dealkylation sites (N-methyl/N-ethyl adjacent to an activating group) is 1. The van der Waals surface area contributed by atoms with E-state index in [-0.39, 0.29) is 18.4 Å². The largest absolute Gasteiger partial charge is 0.489 e. The van der Waals surface area contributed by atoms with Gasteiger partial charge in [-0.15, -0.1) is 0 Å². The van der Waals surface area contributed by atoms with Crippen LogP contribution in [0.3, 0.4) is 0 Å². The lowest BCUT2D eigenvalue weighted by molar-refractivity contribution is -0.126. The molecule has 1 unspecified atom stereocenters. The van der Waals surface area contributed by atoms with E-state index in [2.05, 4.69) is 31.0 Å². The van der Waals surface area contributed by atoms with Crippen LogP contribution in [0.25, 0.3) is 0 Å². The minimum Gasteiger partial charge on any atom is -0.489 e. The number of hydrogen-bond donors (Lipinski definition) is 1. The highest BCUT2D eigenvalue weighted by atomic mass is 16.5. The zero-order chi connectivity index (χ0) is 18.6. The summed E-state index contributed by atoms with van der Waals surface area (Å²) >= 11 is 0. The molecule has 1 aliphatic heterocycles. The summed E-state index contributed by atoms with van der Waals surface area (Å²) in [5.41, 5.74) is 1.82. The van der Waals surface area contributed by atoms with Crippen LogP contribution in [0.5, 0.6) is 5.75 Å². The highest BCUT2D eigenvalue weighted by Gasteiger charge is 2.30. The highest BCUT2D eigenvalue weighted by molar-refractivity contribution is 6.00. The van der Waals surface area contributed by atoms with Crippen molar-refractivity contribution in [1.29, 1.82) is 0 Å². The second kappa shape index (κ2) is 8.23. The topological polar surface area (TPSA) is 61.9 Å². The van der Waals surface area contributed by atoms with Crippen molar-refractivity contribution >= 4 is 23.2 Å². The molecule has 1 N–H and O–H groups in total. The molecule has 1 aliphatic rings. The first kappa shape index (κ1) is 19.1. The van der Waals surface area contributed by atoms with Crippen LogP contribution in [0, 0.1) is 0 Å². The molecule has 25 heavy (non-hydrogen) atoms. The van der Waals surface area contributed by atoms with E-state index in [9.17, 15) is 9.59 Å². The van der Waals surface area contributed by atoms with Crippen molar-refractivity contribution in [3.8, 4) is 5.75 Å². The minimum atomic E-state index is -0.667. The molecular formula is C19H29N3O3. The fourth-order valence-corrected chi connectivity index (χ4v) is 3.40. The number of carbonyl (C=O) groups excluding carboxylic acids is 2. The Hall–Kier alpha value is -2.24. The van der Waals surface area contributed by atoms with E-state index in [4.69, 9.17) is 4.74 Å². The van der Waals surface area contributed by atoms with Crippen LogP contribution in [0.4, 0.5) is 11.4 Å². The zero-order valence-electron chi connectivity index (χ0n) is 15.8. The smallest absolute Gasteiger partial charge is 0.252 e. The summed E-state index contributed by atoms with van der Waals surface area (Å²) in [6.07, 6.45) is 2.13. The van der Waals surface area contributed by atoms with Gasteiger partial charge in [0.15, 0.2) is 0 Å². The monoisotopic (exact) mass is 347 g/mol. The highest BCUT2D eigenvalue weighted by Crippen LogP contribution is 2.35. The van der Waals surface area contributed by atoms with Crippen molar-refractivity contribution in [3.63, 3.8) is 0 Å². The molecule has 0 radical (unpaired) electrons. The molecule has 138 valence electrons. The van der Waals surface area contributed by atoms with Gasteiger partial charge in [0.2, 0.25) is 5.91 Å². The molecule has 6 nitrogen and oxygen atoms in total. The predicted octanol–water partition coefficient (Wildman–Crippen LogP) is 2.56. The summed E-state index contributed by atoms with van der Waals surface area (Å²) in [7, 11) is 1.72. The van der Waals surface area contributed by atoms with Crippen LogP contribution in [-0.2, 0) is 9.59 Å². The maximum absolute atomic E-state index is 12.7. The molecule has 6 heteroatoms. The molecule has 0 aliphatic carbocycles. The standard InChI is InChI=1S/C19H29N3O3/c1-6-14(7-2)22(8-3)15-9-10-18-17(11-15)21(5)19(24)16(12-25-18)20-13(4)23/h9-11,14,16H,6-8,12H2,1-5H3,(H,20,23). The maximum atomic E-state index is 12.7. The fourth-order valence-electron chi connectivity index (χ4n) is 3.40. The number of fused-ring (bicyclic) bond motifs is 1. The lowest BCUT2D eigenvalue weighted by atomic mass is 10.1. The van der Waals surface area contributed by atoms with Gasteiger partial charge in [-0.2, -0.15) is 0 Å². The third-order valence-corrected chi connectivity index (χ3v) is 4.77. The average Bonchev–Trinajstić information content (AvgIpc) is 2.71. The number of anilines is 2. The van der Waals surface area contributed by atoms with Crippen molar-refractivity contribution < 1.29 is 14.3 Å². The van der Waals surface area contributed by atoms with Gasteiger partial charge in [-0.3, -0.25) is 9.59 Å². The van der Waals surface area contributed by atoms with Crippen molar-refractivity contribution in [2.75, 3.05) is 30.0 Å². The van der Waals surface area contributed by atoms with E-state index in [1.165, 1.54) is 6.92 Å².